The van der Waals surface area contributed by atoms with Gasteiger partial charge in [-0.1, -0.05) is 18.2 Å². The van der Waals surface area contributed by atoms with Gasteiger partial charge in [0.25, 0.3) is 0 Å². The minimum Gasteiger partial charge on any atom is -0.266 e. The molecule has 0 fully saturated rings. The third-order valence-electron chi connectivity index (χ3n) is 3.70. The van der Waals surface area contributed by atoms with Gasteiger partial charge in [-0.3, -0.25) is 4.31 Å². The molecular formula is C18H16N4O2S. The molecule has 1 heterocycles. The molecule has 25 heavy (non-hydrogen) atoms. The van der Waals surface area contributed by atoms with E-state index in [2.05, 4.69) is 11.2 Å². The average Bonchev–Trinajstić information content (AvgIpc) is 3.14. The highest BCUT2D eigenvalue weighted by atomic mass is 32.2. The standard InChI is InChI=1S/C18H16N4O2S/c1-25(23,24)22(14-16-8-6-15(13-19)7-9-16)18-5-2-4-17(12-18)21-11-3-10-20-21/h2-12H,14H2,1H3. The highest BCUT2D eigenvalue weighted by Crippen LogP contribution is 2.23. The molecular weight excluding hydrogens is 336 g/mol. The topological polar surface area (TPSA) is 79.0 Å². The van der Waals surface area contributed by atoms with Crippen LogP contribution in [0.1, 0.15) is 11.1 Å². The van der Waals surface area contributed by atoms with Crippen LogP contribution in [0.5, 0.6) is 0 Å². The Labute approximate surface area is 146 Å². The molecule has 1 aromatic heterocycles. The maximum atomic E-state index is 12.3. The van der Waals surface area contributed by atoms with Crippen molar-refractivity contribution in [3.05, 3.63) is 78.1 Å². The Morgan fingerprint density at radius 1 is 1.16 bits per heavy atom. The summed E-state index contributed by atoms with van der Waals surface area (Å²) >= 11 is 0. The van der Waals surface area contributed by atoms with Crippen LogP contribution in [0.3, 0.4) is 0 Å². The number of nitrogens with zero attached hydrogens (tertiary/aromatic N) is 4. The zero-order valence-electron chi connectivity index (χ0n) is 13.6. The molecule has 0 N–H and O–H groups in total. The Morgan fingerprint density at radius 3 is 2.52 bits per heavy atom. The van der Waals surface area contributed by atoms with E-state index in [1.807, 2.05) is 6.07 Å². The van der Waals surface area contributed by atoms with Crippen LogP contribution < -0.4 is 4.31 Å². The first-order chi connectivity index (χ1) is 12.0. The smallest absolute Gasteiger partial charge is 0.232 e. The molecule has 7 heteroatoms. The van der Waals surface area contributed by atoms with Gasteiger partial charge in [-0.15, -0.1) is 0 Å². The maximum Gasteiger partial charge on any atom is 0.232 e. The van der Waals surface area contributed by atoms with Crippen molar-refractivity contribution in [2.24, 2.45) is 0 Å². The summed E-state index contributed by atoms with van der Waals surface area (Å²) in [5.41, 5.74) is 2.67. The molecule has 0 saturated carbocycles. The summed E-state index contributed by atoms with van der Waals surface area (Å²) in [7, 11) is -3.48. The van der Waals surface area contributed by atoms with E-state index in [4.69, 9.17) is 5.26 Å². The van der Waals surface area contributed by atoms with E-state index >= 15 is 0 Å². The predicted molar refractivity (Wildman–Crippen MR) is 95.7 cm³/mol. The Kier molecular flexibility index (Phi) is 4.55. The third-order valence-corrected chi connectivity index (χ3v) is 4.84. The molecule has 0 spiro atoms. The molecule has 0 amide bonds. The van der Waals surface area contributed by atoms with E-state index < -0.39 is 10.0 Å². The van der Waals surface area contributed by atoms with E-state index in [9.17, 15) is 8.42 Å². The normalized spacial score (nSPS) is 11.0. The summed E-state index contributed by atoms with van der Waals surface area (Å²) in [4.78, 5) is 0. The van der Waals surface area contributed by atoms with E-state index in [0.29, 0.717) is 11.3 Å². The van der Waals surface area contributed by atoms with Crippen LogP contribution in [0.2, 0.25) is 0 Å². The maximum absolute atomic E-state index is 12.3. The zero-order chi connectivity index (χ0) is 17.9. The number of rotatable bonds is 5. The van der Waals surface area contributed by atoms with Gasteiger partial charge in [-0.2, -0.15) is 10.4 Å². The molecule has 0 aliphatic rings. The van der Waals surface area contributed by atoms with Gasteiger partial charge < -0.3 is 0 Å². The average molecular weight is 352 g/mol. The summed E-state index contributed by atoms with van der Waals surface area (Å²) in [6.45, 7) is 0.188. The fourth-order valence-corrected chi connectivity index (χ4v) is 3.34. The number of hydrogen-bond donors (Lipinski definition) is 0. The number of anilines is 1. The molecule has 0 unspecified atom stereocenters. The van der Waals surface area contributed by atoms with Crippen LogP contribution in [-0.4, -0.2) is 24.5 Å². The van der Waals surface area contributed by atoms with Crippen LogP contribution in [0.4, 0.5) is 5.69 Å². The third kappa shape index (κ3) is 3.87. The van der Waals surface area contributed by atoms with Gasteiger partial charge >= 0.3 is 0 Å². The summed E-state index contributed by atoms with van der Waals surface area (Å²) in [5.74, 6) is 0. The molecule has 6 nitrogen and oxygen atoms in total. The second-order valence-corrected chi connectivity index (χ2v) is 7.46. The van der Waals surface area contributed by atoms with Crippen molar-refractivity contribution in [3.8, 4) is 11.8 Å². The molecule has 3 rings (SSSR count). The molecule has 0 aliphatic carbocycles. The quantitative estimate of drug-likeness (QED) is 0.707. The second-order valence-electron chi connectivity index (χ2n) is 5.55. The van der Waals surface area contributed by atoms with Crippen LogP contribution in [0, 0.1) is 11.3 Å². The largest absolute Gasteiger partial charge is 0.266 e. The van der Waals surface area contributed by atoms with E-state index in [0.717, 1.165) is 11.3 Å². The molecule has 0 aliphatic heterocycles. The van der Waals surface area contributed by atoms with Crippen molar-refractivity contribution in [1.29, 1.82) is 5.26 Å². The lowest BCUT2D eigenvalue weighted by molar-refractivity contribution is 0.596. The molecule has 3 aromatic rings. The van der Waals surface area contributed by atoms with Crippen molar-refractivity contribution in [2.75, 3.05) is 10.6 Å². The lowest BCUT2D eigenvalue weighted by Crippen LogP contribution is -2.29. The van der Waals surface area contributed by atoms with Crippen molar-refractivity contribution < 1.29 is 8.42 Å². The van der Waals surface area contributed by atoms with Gasteiger partial charge in [0, 0.05) is 12.4 Å². The first-order valence-electron chi connectivity index (χ1n) is 7.54. The van der Waals surface area contributed by atoms with Gasteiger partial charge in [0.2, 0.25) is 10.0 Å². The SMILES string of the molecule is CS(=O)(=O)N(Cc1ccc(C#N)cc1)c1cccc(-n2cccn2)c1. The van der Waals surface area contributed by atoms with Gasteiger partial charge in [-0.05, 0) is 42.0 Å². The van der Waals surface area contributed by atoms with Crippen molar-refractivity contribution in [1.82, 2.24) is 9.78 Å². The Morgan fingerprint density at radius 2 is 1.92 bits per heavy atom. The molecule has 0 radical (unpaired) electrons. The minimum atomic E-state index is -3.48. The first-order valence-corrected chi connectivity index (χ1v) is 9.39. The molecule has 2 aromatic carbocycles. The molecule has 0 saturated heterocycles. The van der Waals surface area contributed by atoms with Gasteiger partial charge in [0.05, 0.1) is 35.8 Å². The number of nitriles is 1. The van der Waals surface area contributed by atoms with E-state index in [-0.39, 0.29) is 6.54 Å². The number of aromatic nitrogens is 2. The monoisotopic (exact) mass is 352 g/mol. The summed E-state index contributed by atoms with van der Waals surface area (Å²) in [5, 5.41) is 13.0. The van der Waals surface area contributed by atoms with E-state index in [1.54, 1.807) is 65.6 Å². The zero-order valence-corrected chi connectivity index (χ0v) is 14.4. The van der Waals surface area contributed by atoms with Gasteiger partial charge in [0.15, 0.2) is 0 Å². The molecule has 126 valence electrons. The van der Waals surface area contributed by atoms with E-state index in [1.165, 1.54) is 10.6 Å². The molecule has 0 atom stereocenters. The van der Waals surface area contributed by atoms with Crippen LogP contribution in [0.25, 0.3) is 5.69 Å². The van der Waals surface area contributed by atoms with Crippen molar-refractivity contribution in [3.63, 3.8) is 0 Å². The number of hydrogen-bond acceptors (Lipinski definition) is 4. The van der Waals surface area contributed by atoms with Crippen LogP contribution >= 0.6 is 0 Å². The fourth-order valence-electron chi connectivity index (χ4n) is 2.46. The van der Waals surface area contributed by atoms with Crippen LogP contribution in [0.15, 0.2) is 67.0 Å². The highest BCUT2D eigenvalue weighted by Gasteiger charge is 2.18. The molecule has 0 bridgehead atoms. The minimum absolute atomic E-state index is 0.188. The van der Waals surface area contributed by atoms with Crippen molar-refractivity contribution >= 4 is 15.7 Å². The first kappa shape index (κ1) is 16.7. The lowest BCUT2D eigenvalue weighted by atomic mass is 10.1. The summed E-state index contributed by atoms with van der Waals surface area (Å²) < 4.78 is 27.6. The van der Waals surface area contributed by atoms with Gasteiger partial charge in [0.1, 0.15) is 0 Å². The predicted octanol–water partition coefficient (Wildman–Crippen LogP) is 2.71. The Balaban J connectivity index is 1.96. The summed E-state index contributed by atoms with van der Waals surface area (Å²) in [6.07, 6.45) is 4.64. The Hall–Kier alpha value is -3.11. The van der Waals surface area contributed by atoms with Crippen molar-refractivity contribution in [2.45, 2.75) is 6.54 Å². The fraction of sp³-hybridized carbons (Fsp3) is 0.111. The van der Waals surface area contributed by atoms with Crippen LogP contribution in [-0.2, 0) is 16.6 Å². The summed E-state index contributed by atoms with van der Waals surface area (Å²) in [6, 6.07) is 17.9. The number of sulfonamides is 1. The van der Waals surface area contributed by atoms with Gasteiger partial charge in [-0.25, -0.2) is 13.1 Å². The highest BCUT2D eigenvalue weighted by molar-refractivity contribution is 7.92. The Bertz CT molecular complexity index is 1000. The number of benzene rings is 2. The lowest BCUT2D eigenvalue weighted by Gasteiger charge is -2.23. The second kappa shape index (κ2) is 6.79.